The topological polar surface area (TPSA) is 54.0 Å². The molecule has 2 aromatic rings. The Labute approximate surface area is 115 Å². The highest BCUT2D eigenvalue weighted by Gasteiger charge is 2.30. The van der Waals surface area contributed by atoms with E-state index in [1.807, 2.05) is 25.1 Å². The van der Waals surface area contributed by atoms with E-state index in [2.05, 4.69) is 15.6 Å². The number of carbonyl (C=O) groups excluding carboxylic acids is 1. The summed E-state index contributed by atoms with van der Waals surface area (Å²) >= 11 is 6.00. The van der Waals surface area contributed by atoms with Crippen LogP contribution in [0, 0.1) is 6.92 Å². The maximum atomic E-state index is 12.0. The molecule has 0 aliphatic carbocycles. The number of halogens is 1. The number of benzene rings is 1. The van der Waals surface area contributed by atoms with Gasteiger partial charge in [-0.1, -0.05) is 29.3 Å². The number of fused-ring (bicyclic) bond motifs is 1. The van der Waals surface area contributed by atoms with Crippen LogP contribution in [0.25, 0.3) is 0 Å². The van der Waals surface area contributed by atoms with Gasteiger partial charge in [0.1, 0.15) is 6.04 Å². The number of hydrogen-bond donors (Lipinski definition) is 2. The number of amides is 1. The van der Waals surface area contributed by atoms with E-state index in [9.17, 15) is 4.79 Å². The van der Waals surface area contributed by atoms with E-state index in [4.69, 9.17) is 11.6 Å². The molecule has 2 heterocycles. The third kappa shape index (κ3) is 2.15. The Hall–Kier alpha value is -2.07. The number of carbonyl (C=O) groups is 1. The second-order valence-corrected chi connectivity index (χ2v) is 4.86. The van der Waals surface area contributed by atoms with Gasteiger partial charge >= 0.3 is 0 Å². The summed E-state index contributed by atoms with van der Waals surface area (Å²) in [4.78, 5) is 16.0. The van der Waals surface area contributed by atoms with E-state index in [-0.39, 0.29) is 5.91 Å². The number of nitrogens with zero attached hydrogens (tertiary/aromatic N) is 1. The molecule has 0 saturated heterocycles. The number of pyridine rings is 1. The predicted molar refractivity (Wildman–Crippen MR) is 75.4 cm³/mol. The average molecular weight is 274 g/mol. The third-order valence-electron chi connectivity index (χ3n) is 3.10. The normalized spacial score (nSPS) is 16.9. The van der Waals surface area contributed by atoms with Crippen molar-refractivity contribution in [3.63, 3.8) is 0 Å². The summed E-state index contributed by atoms with van der Waals surface area (Å²) in [6.07, 6.45) is 1.61. The van der Waals surface area contributed by atoms with Gasteiger partial charge in [-0.15, -0.1) is 0 Å². The van der Waals surface area contributed by atoms with Crippen LogP contribution in [0.3, 0.4) is 0 Å². The summed E-state index contributed by atoms with van der Waals surface area (Å²) in [6, 6.07) is 9.02. The standard InChI is InChI=1S/C14H12ClN3O/c1-8-4-5-10-9(7-8)12(14(19)18-10)17-11-3-2-6-16-13(11)15/h2-7,12,17H,1H3,(H,18,19). The van der Waals surface area contributed by atoms with Crippen molar-refractivity contribution in [1.82, 2.24) is 4.98 Å². The lowest BCUT2D eigenvalue weighted by Crippen LogP contribution is -2.20. The van der Waals surface area contributed by atoms with Gasteiger partial charge < -0.3 is 10.6 Å². The number of anilines is 2. The Bertz CT molecular complexity index is 657. The second-order valence-electron chi connectivity index (χ2n) is 4.50. The molecular formula is C14H12ClN3O. The summed E-state index contributed by atoms with van der Waals surface area (Å²) < 4.78 is 0. The maximum absolute atomic E-state index is 12.0. The molecule has 3 rings (SSSR count). The van der Waals surface area contributed by atoms with E-state index < -0.39 is 6.04 Å². The largest absolute Gasteiger partial charge is 0.367 e. The minimum Gasteiger partial charge on any atom is -0.367 e. The van der Waals surface area contributed by atoms with Gasteiger partial charge in [0, 0.05) is 17.4 Å². The summed E-state index contributed by atoms with van der Waals surface area (Å²) in [5, 5.41) is 6.34. The highest BCUT2D eigenvalue weighted by molar-refractivity contribution is 6.32. The monoisotopic (exact) mass is 273 g/mol. The molecule has 5 heteroatoms. The van der Waals surface area contributed by atoms with Crippen LogP contribution in [0.4, 0.5) is 11.4 Å². The van der Waals surface area contributed by atoms with Crippen molar-refractivity contribution in [2.75, 3.05) is 10.6 Å². The first-order chi connectivity index (χ1) is 9.15. The molecule has 2 N–H and O–H groups in total. The van der Waals surface area contributed by atoms with E-state index in [1.165, 1.54) is 0 Å². The fraction of sp³-hybridized carbons (Fsp3) is 0.143. The number of nitrogens with one attached hydrogen (secondary N) is 2. The van der Waals surface area contributed by atoms with Crippen molar-refractivity contribution in [2.24, 2.45) is 0 Å². The Morgan fingerprint density at radius 1 is 1.37 bits per heavy atom. The fourth-order valence-corrected chi connectivity index (χ4v) is 2.35. The fourth-order valence-electron chi connectivity index (χ4n) is 2.17. The van der Waals surface area contributed by atoms with Crippen molar-refractivity contribution in [1.29, 1.82) is 0 Å². The van der Waals surface area contributed by atoms with Gasteiger partial charge in [-0.2, -0.15) is 0 Å². The molecule has 0 radical (unpaired) electrons. The van der Waals surface area contributed by atoms with Crippen molar-refractivity contribution >= 4 is 28.9 Å². The van der Waals surface area contributed by atoms with Crippen molar-refractivity contribution in [3.05, 3.63) is 52.8 Å². The lowest BCUT2D eigenvalue weighted by Gasteiger charge is -2.13. The molecule has 1 aliphatic heterocycles. The van der Waals surface area contributed by atoms with Crippen molar-refractivity contribution < 1.29 is 4.79 Å². The molecule has 1 aromatic heterocycles. The zero-order valence-electron chi connectivity index (χ0n) is 10.3. The smallest absolute Gasteiger partial charge is 0.251 e. The molecular weight excluding hydrogens is 262 g/mol. The third-order valence-corrected chi connectivity index (χ3v) is 3.40. The molecule has 0 saturated carbocycles. The molecule has 0 fully saturated rings. The van der Waals surface area contributed by atoms with Crippen molar-refractivity contribution in [2.45, 2.75) is 13.0 Å². The minimum absolute atomic E-state index is 0.0829. The van der Waals surface area contributed by atoms with Gasteiger partial charge in [0.15, 0.2) is 5.15 Å². The van der Waals surface area contributed by atoms with Crippen LogP contribution in [0.15, 0.2) is 36.5 Å². The SMILES string of the molecule is Cc1ccc2c(c1)C(Nc1cccnc1Cl)C(=O)N2. The van der Waals surface area contributed by atoms with Crippen LogP contribution in [-0.2, 0) is 4.79 Å². The Kier molecular flexibility index (Phi) is 2.87. The number of hydrogen-bond acceptors (Lipinski definition) is 3. The lowest BCUT2D eigenvalue weighted by molar-refractivity contribution is -0.116. The number of aromatic nitrogens is 1. The van der Waals surface area contributed by atoms with Crippen LogP contribution >= 0.6 is 11.6 Å². The molecule has 0 bridgehead atoms. The Morgan fingerprint density at radius 3 is 3.00 bits per heavy atom. The first-order valence-corrected chi connectivity index (χ1v) is 6.31. The number of rotatable bonds is 2. The molecule has 0 spiro atoms. The van der Waals surface area contributed by atoms with Gasteiger partial charge in [0.25, 0.3) is 5.91 Å². The Balaban J connectivity index is 1.97. The molecule has 1 unspecified atom stereocenters. The number of aryl methyl sites for hydroxylation is 1. The maximum Gasteiger partial charge on any atom is 0.251 e. The van der Waals surface area contributed by atoms with Gasteiger partial charge in [-0.25, -0.2) is 4.98 Å². The highest BCUT2D eigenvalue weighted by Crippen LogP contribution is 2.34. The van der Waals surface area contributed by atoms with E-state index in [0.29, 0.717) is 10.8 Å². The summed E-state index contributed by atoms with van der Waals surface area (Å²) in [5.74, 6) is -0.0829. The van der Waals surface area contributed by atoms with E-state index in [1.54, 1.807) is 18.3 Å². The molecule has 96 valence electrons. The van der Waals surface area contributed by atoms with Crippen LogP contribution < -0.4 is 10.6 Å². The molecule has 19 heavy (non-hydrogen) atoms. The van der Waals surface area contributed by atoms with E-state index >= 15 is 0 Å². The van der Waals surface area contributed by atoms with Crippen LogP contribution in [0.5, 0.6) is 0 Å². The summed E-state index contributed by atoms with van der Waals surface area (Å²) in [5.41, 5.74) is 3.54. The van der Waals surface area contributed by atoms with E-state index in [0.717, 1.165) is 16.8 Å². The summed E-state index contributed by atoms with van der Waals surface area (Å²) in [7, 11) is 0. The van der Waals surface area contributed by atoms with Crippen LogP contribution in [0.2, 0.25) is 5.15 Å². The predicted octanol–water partition coefficient (Wildman–Crippen LogP) is 3.15. The average Bonchev–Trinajstić information content (AvgIpc) is 2.69. The zero-order valence-corrected chi connectivity index (χ0v) is 11.0. The van der Waals surface area contributed by atoms with Crippen molar-refractivity contribution in [3.8, 4) is 0 Å². The highest BCUT2D eigenvalue weighted by atomic mass is 35.5. The second kappa shape index (κ2) is 4.55. The van der Waals surface area contributed by atoms with Crippen LogP contribution in [0.1, 0.15) is 17.2 Å². The Morgan fingerprint density at radius 2 is 2.21 bits per heavy atom. The van der Waals surface area contributed by atoms with Gasteiger partial charge in [0.05, 0.1) is 5.69 Å². The minimum atomic E-state index is -0.434. The van der Waals surface area contributed by atoms with Gasteiger partial charge in [-0.05, 0) is 25.1 Å². The molecule has 1 aromatic carbocycles. The first kappa shape index (κ1) is 12.0. The van der Waals surface area contributed by atoms with Gasteiger partial charge in [0.2, 0.25) is 0 Å². The molecule has 4 nitrogen and oxygen atoms in total. The van der Waals surface area contributed by atoms with Crippen LogP contribution in [-0.4, -0.2) is 10.9 Å². The molecule has 1 aliphatic rings. The lowest BCUT2D eigenvalue weighted by atomic mass is 10.1. The van der Waals surface area contributed by atoms with Gasteiger partial charge in [-0.3, -0.25) is 4.79 Å². The quantitative estimate of drug-likeness (QED) is 0.827. The first-order valence-electron chi connectivity index (χ1n) is 5.93. The molecule has 1 amide bonds. The summed E-state index contributed by atoms with van der Waals surface area (Å²) in [6.45, 7) is 2.00. The zero-order chi connectivity index (χ0) is 13.4. The molecule has 1 atom stereocenters.